The molecule has 0 radical (unpaired) electrons. The zero-order chi connectivity index (χ0) is 12.4. The Hall–Kier alpha value is -1.82. The first-order valence-corrected chi connectivity index (χ1v) is 6.10. The first-order chi connectivity index (χ1) is 8.84. The predicted molar refractivity (Wildman–Crippen MR) is 65.3 cm³/mol. The summed E-state index contributed by atoms with van der Waals surface area (Å²) in [6.07, 6.45) is 3.52. The number of nitrogen functional groups attached to an aromatic ring is 1. The number of benzene rings is 1. The highest BCUT2D eigenvalue weighted by atomic mass is 16.6. The Morgan fingerprint density at radius 2 is 2.17 bits per heavy atom. The van der Waals surface area contributed by atoms with Crippen LogP contribution >= 0.6 is 0 Å². The summed E-state index contributed by atoms with van der Waals surface area (Å²) in [5.41, 5.74) is 7.40. The van der Waals surface area contributed by atoms with Gasteiger partial charge in [0.2, 0.25) is 0 Å². The molecule has 6 nitrogen and oxygen atoms in total. The Kier molecular flexibility index (Phi) is 3.02. The third-order valence-corrected chi connectivity index (χ3v) is 3.11. The van der Waals surface area contributed by atoms with Crippen LogP contribution in [0.15, 0.2) is 16.8 Å². The lowest BCUT2D eigenvalue weighted by atomic mass is 10.1. The lowest BCUT2D eigenvalue weighted by Crippen LogP contribution is -2.25. The van der Waals surface area contributed by atoms with Crippen LogP contribution in [0, 0.1) is 0 Å². The fourth-order valence-corrected chi connectivity index (χ4v) is 2.10. The van der Waals surface area contributed by atoms with Gasteiger partial charge in [-0.05, 0) is 41.7 Å². The van der Waals surface area contributed by atoms with Crippen LogP contribution in [0.5, 0.6) is 5.75 Å². The van der Waals surface area contributed by atoms with Gasteiger partial charge in [0.25, 0.3) is 0 Å². The van der Waals surface area contributed by atoms with Crippen LogP contribution in [0.1, 0.15) is 19.3 Å². The summed E-state index contributed by atoms with van der Waals surface area (Å²) in [4.78, 5) is 0. The van der Waals surface area contributed by atoms with E-state index in [-0.39, 0.29) is 6.10 Å². The van der Waals surface area contributed by atoms with Gasteiger partial charge in [-0.25, -0.2) is 4.63 Å². The molecule has 1 aromatic carbocycles. The van der Waals surface area contributed by atoms with Crippen LogP contribution in [-0.2, 0) is 4.74 Å². The first kappa shape index (κ1) is 11.3. The van der Waals surface area contributed by atoms with E-state index in [4.69, 9.17) is 15.2 Å². The molecule has 0 amide bonds. The van der Waals surface area contributed by atoms with Crippen molar-refractivity contribution < 1.29 is 14.1 Å². The maximum atomic E-state index is 5.77. The standard InChI is InChI=1S/C12H15N3O3/c13-9-4-5-10(12-11(9)14-18-15-12)17-7-8-3-1-2-6-16-8/h4-5,8H,1-3,6-7,13H2. The second-order valence-electron chi connectivity index (χ2n) is 4.41. The largest absolute Gasteiger partial charge is 0.488 e. The molecule has 2 aromatic rings. The van der Waals surface area contributed by atoms with Crippen molar-refractivity contribution in [3.8, 4) is 5.75 Å². The van der Waals surface area contributed by atoms with Crippen molar-refractivity contribution in [2.24, 2.45) is 0 Å². The van der Waals surface area contributed by atoms with Gasteiger partial charge in [-0.1, -0.05) is 0 Å². The summed E-state index contributed by atoms with van der Waals surface area (Å²) >= 11 is 0. The van der Waals surface area contributed by atoms with Crippen molar-refractivity contribution in [1.82, 2.24) is 10.3 Å². The van der Waals surface area contributed by atoms with Crippen LogP contribution in [0.3, 0.4) is 0 Å². The number of nitrogens with zero attached hydrogens (tertiary/aromatic N) is 2. The summed E-state index contributed by atoms with van der Waals surface area (Å²) in [6.45, 7) is 1.34. The summed E-state index contributed by atoms with van der Waals surface area (Å²) in [5, 5.41) is 7.56. The van der Waals surface area contributed by atoms with Gasteiger partial charge in [0.1, 0.15) is 6.61 Å². The van der Waals surface area contributed by atoms with Crippen molar-refractivity contribution in [3.05, 3.63) is 12.1 Å². The van der Waals surface area contributed by atoms with Crippen molar-refractivity contribution in [1.29, 1.82) is 0 Å². The van der Waals surface area contributed by atoms with E-state index in [1.54, 1.807) is 12.1 Å². The smallest absolute Gasteiger partial charge is 0.179 e. The van der Waals surface area contributed by atoms with E-state index in [2.05, 4.69) is 14.9 Å². The van der Waals surface area contributed by atoms with E-state index in [0.29, 0.717) is 29.1 Å². The molecule has 3 rings (SSSR count). The highest BCUT2D eigenvalue weighted by Crippen LogP contribution is 2.27. The zero-order valence-corrected chi connectivity index (χ0v) is 9.96. The zero-order valence-electron chi connectivity index (χ0n) is 9.96. The molecular weight excluding hydrogens is 234 g/mol. The fourth-order valence-electron chi connectivity index (χ4n) is 2.10. The molecule has 2 N–H and O–H groups in total. The Morgan fingerprint density at radius 1 is 1.28 bits per heavy atom. The van der Waals surface area contributed by atoms with Crippen LogP contribution < -0.4 is 10.5 Å². The minimum atomic E-state index is 0.159. The Bertz CT molecular complexity index is 534. The monoisotopic (exact) mass is 249 g/mol. The SMILES string of the molecule is Nc1ccc(OCC2CCCCO2)c2nonc12. The number of nitrogens with two attached hydrogens (primary N) is 1. The molecule has 1 atom stereocenters. The first-order valence-electron chi connectivity index (χ1n) is 6.10. The highest BCUT2D eigenvalue weighted by molar-refractivity contribution is 5.90. The van der Waals surface area contributed by atoms with Gasteiger partial charge in [-0.3, -0.25) is 0 Å². The summed E-state index contributed by atoms with van der Waals surface area (Å²) in [6, 6.07) is 3.52. The van der Waals surface area contributed by atoms with Gasteiger partial charge in [-0.15, -0.1) is 0 Å². The molecular formula is C12H15N3O3. The normalized spacial score (nSPS) is 20.1. The number of fused-ring (bicyclic) bond motifs is 1. The molecule has 18 heavy (non-hydrogen) atoms. The molecule has 96 valence electrons. The van der Waals surface area contributed by atoms with Gasteiger partial charge >= 0.3 is 0 Å². The van der Waals surface area contributed by atoms with Crippen molar-refractivity contribution in [2.75, 3.05) is 18.9 Å². The second-order valence-corrected chi connectivity index (χ2v) is 4.41. The molecule has 1 unspecified atom stereocenters. The van der Waals surface area contributed by atoms with Gasteiger partial charge in [-0.2, -0.15) is 0 Å². The third-order valence-electron chi connectivity index (χ3n) is 3.11. The van der Waals surface area contributed by atoms with E-state index in [9.17, 15) is 0 Å². The quantitative estimate of drug-likeness (QED) is 0.834. The molecule has 1 fully saturated rings. The molecule has 6 heteroatoms. The molecule has 0 saturated carbocycles. The topological polar surface area (TPSA) is 83.4 Å². The van der Waals surface area contributed by atoms with Crippen molar-refractivity contribution in [3.63, 3.8) is 0 Å². The van der Waals surface area contributed by atoms with E-state index in [1.165, 1.54) is 6.42 Å². The van der Waals surface area contributed by atoms with Crippen molar-refractivity contribution >= 4 is 16.7 Å². The number of aromatic nitrogens is 2. The molecule has 1 saturated heterocycles. The summed E-state index contributed by atoms with van der Waals surface area (Å²) in [5.74, 6) is 0.634. The van der Waals surface area contributed by atoms with E-state index < -0.39 is 0 Å². The fraction of sp³-hybridized carbons (Fsp3) is 0.500. The minimum Gasteiger partial charge on any atom is -0.488 e. The molecule has 1 aromatic heterocycles. The van der Waals surface area contributed by atoms with E-state index >= 15 is 0 Å². The second kappa shape index (κ2) is 4.81. The lowest BCUT2D eigenvalue weighted by molar-refractivity contribution is -0.0108. The minimum absolute atomic E-state index is 0.159. The molecule has 0 aliphatic carbocycles. The third kappa shape index (κ3) is 2.11. The van der Waals surface area contributed by atoms with E-state index in [0.717, 1.165) is 19.4 Å². The number of rotatable bonds is 3. The predicted octanol–water partition coefficient (Wildman–Crippen LogP) is 1.75. The lowest BCUT2D eigenvalue weighted by Gasteiger charge is -2.22. The summed E-state index contributed by atoms with van der Waals surface area (Å²) < 4.78 is 16.0. The average molecular weight is 249 g/mol. The number of anilines is 1. The van der Waals surface area contributed by atoms with Crippen molar-refractivity contribution in [2.45, 2.75) is 25.4 Å². The molecule has 0 bridgehead atoms. The van der Waals surface area contributed by atoms with Gasteiger partial charge in [0.05, 0.1) is 11.8 Å². The van der Waals surface area contributed by atoms with Crippen LogP contribution in [0.4, 0.5) is 5.69 Å². The Labute approximate surface area is 104 Å². The molecule has 2 heterocycles. The van der Waals surface area contributed by atoms with Gasteiger partial charge in [0.15, 0.2) is 16.8 Å². The van der Waals surface area contributed by atoms with Crippen LogP contribution in [0.2, 0.25) is 0 Å². The average Bonchev–Trinajstić information content (AvgIpc) is 2.90. The summed E-state index contributed by atoms with van der Waals surface area (Å²) in [7, 11) is 0. The van der Waals surface area contributed by atoms with E-state index in [1.807, 2.05) is 0 Å². The highest BCUT2D eigenvalue weighted by Gasteiger charge is 2.16. The van der Waals surface area contributed by atoms with Gasteiger partial charge in [0, 0.05) is 6.61 Å². The Morgan fingerprint density at radius 3 is 3.00 bits per heavy atom. The number of ether oxygens (including phenoxy) is 2. The molecule has 1 aliphatic heterocycles. The van der Waals surface area contributed by atoms with Crippen LogP contribution in [-0.4, -0.2) is 29.6 Å². The van der Waals surface area contributed by atoms with Gasteiger partial charge < -0.3 is 15.2 Å². The molecule has 1 aliphatic rings. The maximum absolute atomic E-state index is 5.77. The van der Waals surface area contributed by atoms with Crippen LogP contribution in [0.25, 0.3) is 11.0 Å². The Balaban J connectivity index is 1.74. The maximum Gasteiger partial charge on any atom is 0.179 e. The molecule has 0 spiro atoms. The number of hydrogen-bond donors (Lipinski definition) is 1. The number of hydrogen-bond acceptors (Lipinski definition) is 6.